The molecule has 3 aromatic rings. The molecule has 5 aliphatic rings. The van der Waals surface area contributed by atoms with Gasteiger partial charge in [0.1, 0.15) is 6.17 Å². The highest BCUT2D eigenvalue weighted by molar-refractivity contribution is 7.17. The fourth-order valence-corrected chi connectivity index (χ4v) is 9.27. The van der Waals surface area contributed by atoms with E-state index in [2.05, 4.69) is 129 Å². The van der Waals surface area contributed by atoms with Crippen LogP contribution in [0, 0.1) is 17.8 Å². The lowest BCUT2D eigenvalue weighted by atomic mass is 9.73. The Balaban J connectivity index is 1.28. The van der Waals surface area contributed by atoms with Crippen LogP contribution < -0.4 is 9.75 Å². The minimum atomic E-state index is 0.292. The van der Waals surface area contributed by atoms with Crippen LogP contribution in [0.1, 0.15) is 52.5 Å². The van der Waals surface area contributed by atoms with Crippen molar-refractivity contribution in [2.45, 2.75) is 59.2 Å². The molecule has 0 saturated heterocycles. The molecule has 2 aromatic carbocycles. The minimum absolute atomic E-state index is 0.292. The summed E-state index contributed by atoms with van der Waals surface area (Å²) in [5.74, 6) is 1.45. The van der Waals surface area contributed by atoms with Crippen molar-refractivity contribution in [2.24, 2.45) is 17.8 Å². The van der Waals surface area contributed by atoms with E-state index >= 15 is 0 Å². The van der Waals surface area contributed by atoms with Crippen LogP contribution >= 0.6 is 11.3 Å². The molecule has 0 radical (unpaired) electrons. The summed E-state index contributed by atoms with van der Waals surface area (Å²) in [6, 6.07) is 20.3. The van der Waals surface area contributed by atoms with Gasteiger partial charge in [0.2, 0.25) is 0 Å². The van der Waals surface area contributed by atoms with E-state index in [4.69, 9.17) is 0 Å². The van der Waals surface area contributed by atoms with Crippen molar-refractivity contribution in [3.63, 3.8) is 0 Å². The first-order chi connectivity index (χ1) is 20.5. The Hall–Kier alpha value is -3.56. The average molecular weight is 569 g/mol. The van der Waals surface area contributed by atoms with E-state index < -0.39 is 0 Å². The van der Waals surface area contributed by atoms with Gasteiger partial charge >= 0.3 is 0 Å². The molecule has 0 amide bonds. The molecule has 42 heavy (non-hydrogen) atoms. The van der Waals surface area contributed by atoms with Gasteiger partial charge < -0.3 is 9.80 Å². The standard InChI is InChI=1S/C39H40N2S/c1-24(2)32-20-27(26-12-6-5-7-13-26)21-33(25(3)4)38(32)41-35-16-10-9-15-34(35)40-23-28-22-37-31(19-18-29(28)39(40)41)30-14-8-11-17-36(30)42-37/h5-9,11-15,17,19-22,24-25,32,38-39H,10,16,18,23H2,1-4H3/t32?,38?,39-/m0/s1. The first-order valence-corrected chi connectivity index (χ1v) is 16.7. The van der Waals surface area contributed by atoms with Crippen LogP contribution in [0.3, 0.4) is 0 Å². The topological polar surface area (TPSA) is 6.48 Å². The number of hydrogen-bond acceptors (Lipinski definition) is 3. The Morgan fingerprint density at radius 2 is 1.74 bits per heavy atom. The molecule has 0 bridgehead atoms. The second-order valence-corrected chi connectivity index (χ2v) is 14.3. The third-order valence-corrected chi connectivity index (χ3v) is 11.2. The number of nitrogens with zero attached hydrogens (tertiary/aromatic N) is 2. The smallest absolute Gasteiger partial charge is 0.125 e. The van der Waals surface area contributed by atoms with Crippen LogP contribution in [0.25, 0.3) is 27.8 Å². The van der Waals surface area contributed by atoms with Crippen molar-refractivity contribution in [1.29, 1.82) is 0 Å². The summed E-state index contributed by atoms with van der Waals surface area (Å²) in [5.41, 5.74) is 10.5. The van der Waals surface area contributed by atoms with E-state index in [1.807, 2.05) is 11.3 Å². The van der Waals surface area contributed by atoms with Gasteiger partial charge in [0.25, 0.3) is 0 Å². The normalized spacial score (nSPS) is 24.8. The fourth-order valence-electron chi connectivity index (χ4n) is 8.09. The molecule has 0 saturated carbocycles. The van der Waals surface area contributed by atoms with Gasteiger partial charge in [0.05, 0.1) is 11.7 Å². The van der Waals surface area contributed by atoms with Crippen molar-refractivity contribution < 1.29 is 0 Å². The summed E-state index contributed by atoms with van der Waals surface area (Å²) in [5, 5.41) is 2.85. The number of allylic oxidation sites excluding steroid dienone is 5. The van der Waals surface area contributed by atoms with Gasteiger partial charge in [-0.2, -0.15) is 0 Å². The van der Waals surface area contributed by atoms with Crippen molar-refractivity contribution in [3.8, 4) is 0 Å². The number of fused-ring (bicyclic) bond motifs is 6. The molecule has 2 unspecified atom stereocenters. The van der Waals surface area contributed by atoms with E-state index in [1.54, 1.807) is 16.8 Å². The predicted octanol–water partition coefficient (Wildman–Crippen LogP) is 8.00. The quantitative estimate of drug-likeness (QED) is 0.315. The van der Waals surface area contributed by atoms with E-state index in [0.717, 1.165) is 25.8 Å². The van der Waals surface area contributed by atoms with E-state index in [0.29, 0.717) is 30.0 Å². The molecular weight excluding hydrogens is 529 g/mol. The van der Waals surface area contributed by atoms with Gasteiger partial charge in [-0.1, -0.05) is 101 Å². The van der Waals surface area contributed by atoms with Crippen LogP contribution in [0.15, 0.2) is 107 Å². The van der Waals surface area contributed by atoms with Gasteiger partial charge in [-0.25, -0.2) is 0 Å². The van der Waals surface area contributed by atoms with Crippen LogP contribution in [-0.4, -0.2) is 28.6 Å². The van der Waals surface area contributed by atoms with E-state index in [-0.39, 0.29) is 0 Å². The molecule has 3 aliphatic carbocycles. The Labute approximate surface area is 254 Å². The molecule has 3 heteroatoms. The lowest BCUT2D eigenvalue weighted by Crippen LogP contribution is -2.50. The molecule has 1 aromatic heterocycles. The maximum Gasteiger partial charge on any atom is 0.125 e. The molecule has 0 fully saturated rings. The number of hydrogen-bond donors (Lipinski definition) is 0. The molecule has 0 spiro atoms. The lowest BCUT2D eigenvalue weighted by Gasteiger charge is -2.46. The molecule has 3 heterocycles. The van der Waals surface area contributed by atoms with Crippen molar-refractivity contribution in [1.82, 2.24) is 9.80 Å². The molecule has 2 aliphatic heterocycles. The highest BCUT2D eigenvalue weighted by Crippen LogP contribution is 2.50. The monoisotopic (exact) mass is 568 g/mol. The third kappa shape index (κ3) is 3.96. The zero-order chi connectivity index (χ0) is 28.5. The predicted molar refractivity (Wildman–Crippen MR) is 179 cm³/mol. The van der Waals surface area contributed by atoms with Crippen molar-refractivity contribution in [2.75, 3.05) is 6.54 Å². The highest BCUT2D eigenvalue weighted by atomic mass is 32.1. The zero-order valence-corrected chi connectivity index (χ0v) is 26.0. The number of rotatable bonds is 4. The molecule has 2 nitrogen and oxygen atoms in total. The summed E-state index contributed by atoms with van der Waals surface area (Å²) in [6.45, 7) is 10.7. The van der Waals surface area contributed by atoms with Gasteiger partial charge in [-0.15, -0.1) is 11.3 Å². The maximum atomic E-state index is 2.91. The third-order valence-electron chi connectivity index (χ3n) is 10.1. The Bertz CT molecular complexity index is 1860. The van der Waals surface area contributed by atoms with Gasteiger partial charge in [-0.05, 0) is 87.8 Å². The Morgan fingerprint density at radius 1 is 0.929 bits per heavy atom. The van der Waals surface area contributed by atoms with Crippen molar-refractivity contribution in [3.05, 3.63) is 122 Å². The molecular formula is C39H40N2S. The van der Waals surface area contributed by atoms with E-state index in [9.17, 15) is 0 Å². The first-order valence-electron chi connectivity index (χ1n) is 15.8. The highest BCUT2D eigenvalue weighted by Gasteiger charge is 2.50. The summed E-state index contributed by atoms with van der Waals surface area (Å²) < 4.78 is 2.83. The second kappa shape index (κ2) is 10.0. The van der Waals surface area contributed by atoms with Gasteiger partial charge in [0.15, 0.2) is 0 Å². The van der Waals surface area contributed by atoms with Crippen LogP contribution in [0.2, 0.25) is 0 Å². The second-order valence-electron chi connectivity index (χ2n) is 13.2. The largest absolute Gasteiger partial charge is 0.342 e. The van der Waals surface area contributed by atoms with Gasteiger partial charge in [0, 0.05) is 27.4 Å². The SMILES string of the molecule is CC(C)C1=CC(c2ccccc2)=CC(C(C)C)C1N1C2=C(C=CCC2)N2CC3=C(CC=c4c(sc5ccccc45)=C3)[C@@H]21. The van der Waals surface area contributed by atoms with Crippen LogP contribution in [0.4, 0.5) is 0 Å². The van der Waals surface area contributed by atoms with Gasteiger partial charge in [-0.3, -0.25) is 0 Å². The summed E-state index contributed by atoms with van der Waals surface area (Å²) in [6.07, 6.45) is 18.6. The summed E-state index contributed by atoms with van der Waals surface area (Å²) >= 11 is 1.95. The molecule has 3 atom stereocenters. The summed E-state index contributed by atoms with van der Waals surface area (Å²) in [4.78, 5) is 5.65. The van der Waals surface area contributed by atoms with E-state index in [1.165, 1.54) is 42.2 Å². The fraction of sp³-hybridized carbons (Fsp3) is 0.333. The number of benzene rings is 2. The Kier molecular flexibility index (Phi) is 6.23. The lowest BCUT2D eigenvalue weighted by molar-refractivity contribution is 0.119. The van der Waals surface area contributed by atoms with Crippen LogP contribution in [0.5, 0.6) is 0 Å². The molecule has 0 N–H and O–H groups in total. The van der Waals surface area contributed by atoms with Crippen molar-refractivity contribution >= 4 is 39.1 Å². The maximum absolute atomic E-state index is 2.91. The average Bonchev–Trinajstić information content (AvgIpc) is 3.60. The minimum Gasteiger partial charge on any atom is -0.342 e. The first kappa shape index (κ1) is 26.1. The molecule has 8 rings (SSSR count). The summed E-state index contributed by atoms with van der Waals surface area (Å²) in [7, 11) is 0. The number of thiophene rings is 1. The van der Waals surface area contributed by atoms with Crippen LogP contribution in [-0.2, 0) is 0 Å². The molecule has 212 valence electrons. The Morgan fingerprint density at radius 3 is 2.55 bits per heavy atom. The zero-order valence-electron chi connectivity index (χ0n) is 25.2.